The highest BCUT2D eigenvalue weighted by Crippen LogP contribution is 2.26. The van der Waals surface area contributed by atoms with Gasteiger partial charge < -0.3 is 14.8 Å². The van der Waals surface area contributed by atoms with E-state index < -0.39 is 40.6 Å². The minimum atomic E-state index is -4.88. The first-order valence-electron chi connectivity index (χ1n) is 8.97. The van der Waals surface area contributed by atoms with Gasteiger partial charge in [-0.1, -0.05) is 35.9 Å². The van der Waals surface area contributed by atoms with Crippen molar-refractivity contribution in [2.45, 2.75) is 24.2 Å². The fraction of sp³-hybridized carbons (Fsp3) is 0.263. The molecule has 8 nitrogen and oxygen atoms in total. The van der Waals surface area contributed by atoms with Crippen molar-refractivity contribution in [3.05, 3.63) is 59.1 Å². The first-order chi connectivity index (χ1) is 15.0. The molecular weight excluding hydrogens is 477 g/mol. The quantitative estimate of drug-likeness (QED) is 0.491. The van der Waals surface area contributed by atoms with Crippen molar-refractivity contribution < 1.29 is 40.7 Å². The number of ether oxygens (including phenoxy) is 2. The van der Waals surface area contributed by atoms with Gasteiger partial charge in [-0.25, -0.2) is 13.1 Å². The Morgan fingerprint density at radius 2 is 1.78 bits per heavy atom. The second kappa shape index (κ2) is 11.2. The highest BCUT2D eigenvalue weighted by Gasteiger charge is 2.32. The molecule has 2 rings (SSSR count). The Balaban J connectivity index is 1.74. The molecule has 2 aromatic rings. The molecular formula is C19H18ClF3N2O6S. The molecule has 0 bridgehead atoms. The van der Waals surface area contributed by atoms with Crippen LogP contribution in [0.25, 0.3) is 0 Å². The maximum absolute atomic E-state index is 12.4. The van der Waals surface area contributed by atoms with Crippen molar-refractivity contribution in [3.63, 3.8) is 0 Å². The summed E-state index contributed by atoms with van der Waals surface area (Å²) in [6.07, 6.45) is -5.24. The number of sulfonamides is 1. The number of nitrogens with one attached hydrogen (secondary N) is 2. The summed E-state index contributed by atoms with van der Waals surface area (Å²) in [6, 6.07) is 10.8. The number of hydrogen-bond donors (Lipinski definition) is 2. The highest BCUT2D eigenvalue weighted by atomic mass is 35.5. The van der Waals surface area contributed by atoms with Gasteiger partial charge in [0, 0.05) is 23.7 Å². The minimum absolute atomic E-state index is 0.0694. The Kier molecular flexibility index (Phi) is 8.87. The average molecular weight is 495 g/mol. The van der Waals surface area contributed by atoms with Crippen molar-refractivity contribution >= 4 is 33.5 Å². The van der Waals surface area contributed by atoms with Crippen LogP contribution in [0.4, 0.5) is 13.2 Å². The van der Waals surface area contributed by atoms with Crippen molar-refractivity contribution in [3.8, 4) is 5.75 Å². The summed E-state index contributed by atoms with van der Waals surface area (Å²) in [4.78, 5) is 23.4. The predicted molar refractivity (Wildman–Crippen MR) is 107 cm³/mol. The number of alkyl halides is 3. The van der Waals surface area contributed by atoms with E-state index in [1.165, 1.54) is 42.5 Å². The molecule has 0 aliphatic carbocycles. The summed E-state index contributed by atoms with van der Waals surface area (Å²) >= 11 is 5.75. The lowest BCUT2D eigenvalue weighted by atomic mass is 10.2. The summed E-state index contributed by atoms with van der Waals surface area (Å²) in [5.41, 5.74) is 0.0694. The topological polar surface area (TPSA) is 111 Å². The van der Waals surface area contributed by atoms with E-state index in [1.54, 1.807) is 0 Å². The number of hydrogen-bond acceptors (Lipinski definition) is 6. The van der Waals surface area contributed by atoms with E-state index in [0.717, 1.165) is 6.07 Å². The monoisotopic (exact) mass is 494 g/mol. The van der Waals surface area contributed by atoms with Gasteiger partial charge in [-0.3, -0.25) is 9.59 Å². The van der Waals surface area contributed by atoms with Gasteiger partial charge >= 0.3 is 12.3 Å². The van der Waals surface area contributed by atoms with Crippen molar-refractivity contribution in [2.24, 2.45) is 0 Å². The summed E-state index contributed by atoms with van der Waals surface area (Å²) in [6.45, 7) is -1.26. The molecule has 0 radical (unpaired) electrons. The van der Waals surface area contributed by atoms with Gasteiger partial charge in [-0.05, 0) is 24.3 Å². The van der Waals surface area contributed by atoms with Gasteiger partial charge in [0.15, 0.2) is 6.61 Å². The fourth-order valence-corrected chi connectivity index (χ4v) is 3.67. The van der Waals surface area contributed by atoms with Crippen LogP contribution >= 0.6 is 11.6 Å². The molecule has 0 unspecified atom stereocenters. The summed E-state index contributed by atoms with van der Waals surface area (Å²) in [5, 5.41) is 2.53. The number of carbonyl (C=O) groups is 2. The third kappa shape index (κ3) is 8.73. The van der Waals surface area contributed by atoms with Crippen LogP contribution in [0.1, 0.15) is 12.0 Å². The second-order valence-electron chi connectivity index (χ2n) is 6.20. The molecule has 0 heterocycles. The molecule has 2 N–H and O–H groups in total. The number of amides is 1. The van der Waals surface area contributed by atoms with Crippen LogP contribution in [0.2, 0.25) is 5.02 Å². The van der Waals surface area contributed by atoms with Crippen LogP contribution in [-0.4, -0.2) is 39.8 Å². The zero-order valence-corrected chi connectivity index (χ0v) is 17.9. The largest absolute Gasteiger partial charge is 0.573 e. The second-order valence-corrected chi connectivity index (χ2v) is 8.40. The van der Waals surface area contributed by atoms with Gasteiger partial charge in [0.1, 0.15) is 5.75 Å². The number of carbonyl (C=O) groups excluding carboxylic acids is 2. The molecule has 0 fully saturated rings. The van der Waals surface area contributed by atoms with Gasteiger partial charge in [0.25, 0.3) is 5.91 Å². The fourth-order valence-electron chi connectivity index (χ4n) is 2.34. The maximum atomic E-state index is 12.4. The van der Waals surface area contributed by atoms with Gasteiger partial charge in [0.2, 0.25) is 10.0 Å². The first-order valence-corrected chi connectivity index (χ1v) is 10.8. The Bertz CT molecular complexity index is 1060. The highest BCUT2D eigenvalue weighted by molar-refractivity contribution is 7.89. The Hall–Kier alpha value is -2.83. The van der Waals surface area contributed by atoms with Crippen molar-refractivity contribution in [1.29, 1.82) is 0 Å². The number of benzene rings is 2. The SMILES string of the molecule is O=C(COC(=O)CCNS(=O)(=O)c1cccc(Cl)c1)NCc1ccccc1OC(F)(F)F. The minimum Gasteiger partial charge on any atom is -0.456 e. The van der Waals surface area contributed by atoms with Crippen molar-refractivity contribution in [2.75, 3.05) is 13.2 Å². The van der Waals surface area contributed by atoms with Gasteiger partial charge in [0.05, 0.1) is 11.3 Å². The van der Waals surface area contributed by atoms with Crippen LogP contribution < -0.4 is 14.8 Å². The molecule has 0 aliphatic rings. The molecule has 0 aliphatic heterocycles. The van der Waals surface area contributed by atoms with Crippen LogP contribution in [0.5, 0.6) is 5.75 Å². The van der Waals surface area contributed by atoms with E-state index in [4.69, 9.17) is 16.3 Å². The van der Waals surface area contributed by atoms with Crippen LogP contribution in [0, 0.1) is 0 Å². The third-order valence-corrected chi connectivity index (χ3v) is 5.46. The lowest BCUT2D eigenvalue weighted by Crippen LogP contribution is -2.30. The van der Waals surface area contributed by atoms with Crippen LogP contribution in [-0.2, 0) is 30.9 Å². The van der Waals surface area contributed by atoms with E-state index in [2.05, 4.69) is 14.8 Å². The van der Waals surface area contributed by atoms with E-state index >= 15 is 0 Å². The molecule has 32 heavy (non-hydrogen) atoms. The van der Waals surface area contributed by atoms with Gasteiger partial charge in [-0.2, -0.15) is 0 Å². The summed E-state index contributed by atoms with van der Waals surface area (Å²) in [7, 11) is -3.88. The number of rotatable bonds is 10. The molecule has 13 heteroatoms. The van der Waals surface area contributed by atoms with Crippen LogP contribution in [0.3, 0.4) is 0 Å². The number of para-hydroxylation sites is 1. The predicted octanol–water partition coefficient (Wildman–Crippen LogP) is 2.77. The zero-order chi connectivity index (χ0) is 23.8. The molecule has 0 spiro atoms. The van der Waals surface area contributed by atoms with E-state index in [1.807, 2.05) is 0 Å². The Morgan fingerprint density at radius 1 is 1.06 bits per heavy atom. The lowest BCUT2D eigenvalue weighted by molar-refractivity contribution is -0.274. The zero-order valence-electron chi connectivity index (χ0n) is 16.3. The van der Waals surface area contributed by atoms with E-state index in [9.17, 15) is 31.2 Å². The smallest absolute Gasteiger partial charge is 0.456 e. The van der Waals surface area contributed by atoms with E-state index in [0.29, 0.717) is 0 Å². The molecule has 0 saturated carbocycles. The summed E-state index contributed by atoms with van der Waals surface area (Å²) < 4.78 is 72.2. The maximum Gasteiger partial charge on any atom is 0.573 e. The first kappa shape index (κ1) is 25.4. The lowest BCUT2D eigenvalue weighted by Gasteiger charge is -2.13. The third-order valence-electron chi connectivity index (χ3n) is 3.77. The Morgan fingerprint density at radius 3 is 2.47 bits per heavy atom. The van der Waals surface area contributed by atoms with E-state index in [-0.39, 0.29) is 35.0 Å². The molecule has 2 aromatic carbocycles. The average Bonchev–Trinajstić information content (AvgIpc) is 2.70. The number of halogens is 4. The molecule has 0 atom stereocenters. The number of esters is 1. The normalized spacial score (nSPS) is 11.6. The van der Waals surface area contributed by atoms with Crippen molar-refractivity contribution in [1.82, 2.24) is 10.0 Å². The van der Waals surface area contributed by atoms with Gasteiger partial charge in [-0.15, -0.1) is 13.2 Å². The molecule has 0 saturated heterocycles. The standard InChI is InChI=1S/C19H18ClF3N2O6S/c20-14-5-3-6-15(10-14)32(28,29)25-9-8-18(27)30-12-17(26)24-11-13-4-1-2-7-16(13)31-19(21,22)23/h1-7,10,25H,8-9,11-12H2,(H,24,26). The molecule has 174 valence electrons. The molecule has 1 amide bonds. The Labute approximate surface area is 186 Å². The van der Waals surface area contributed by atoms with Crippen LogP contribution in [0.15, 0.2) is 53.4 Å². The molecule has 0 aromatic heterocycles. The summed E-state index contributed by atoms with van der Waals surface area (Å²) in [5.74, 6) is -2.08.